The Morgan fingerprint density at radius 1 is 1.30 bits per heavy atom. The highest BCUT2D eigenvalue weighted by atomic mass is 16.5. The molecule has 0 spiro atoms. The Kier molecular flexibility index (Phi) is 5.64. The molecule has 0 radical (unpaired) electrons. The van der Waals surface area contributed by atoms with Crippen LogP contribution >= 0.6 is 0 Å². The number of methoxy groups -OCH3 is 2. The van der Waals surface area contributed by atoms with Crippen molar-refractivity contribution in [1.82, 2.24) is 5.32 Å². The summed E-state index contributed by atoms with van der Waals surface area (Å²) in [7, 11) is 3.00. The van der Waals surface area contributed by atoms with Gasteiger partial charge in [0.15, 0.2) is 0 Å². The minimum atomic E-state index is -0.975. The number of hydrogen-bond donors (Lipinski definition) is 3. The lowest BCUT2D eigenvalue weighted by molar-refractivity contribution is -0.137. The molecule has 0 fully saturated rings. The standard InChI is InChI=1S/C13H18N2O5/c1-8(6-12(16)17)14-13(18)15-10-7-9(19-2)4-5-11(10)20-3/h4-5,7-8H,6H2,1-3H3,(H,16,17)(H2,14,15,18). The third kappa shape index (κ3) is 4.68. The lowest BCUT2D eigenvalue weighted by Gasteiger charge is -2.15. The highest BCUT2D eigenvalue weighted by molar-refractivity contribution is 5.91. The zero-order chi connectivity index (χ0) is 15.1. The molecule has 0 bridgehead atoms. The van der Waals surface area contributed by atoms with E-state index in [1.807, 2.05) is 0 Å². The number of nitrogens with one attached hydrogen (secondary N) is 2. The number of carboxylic acids is 1. The zero-order valence-electron chi connectivity index (χ0n) is 11.6. The Labute approximate surface area is 116 Å². The lowest BCUT2D eigenvalue weighted by Crippen LogP contribution is -2.37. The van der Waals surface area contributed by atoms with Gasteiger partial charge in [-0.3, -0.25) is 4.79 Å². The van der Waals surface area contributed by atoms with Gasteiger partial charge >= 0.3 is 12.0 Å². The van der Waals surface area contributed by atoms with Crippen molar-refractivity contribution in [1.29, 1.82) is 0 Å². The number of benzene rings is 1. The molecule has 110 valence electrons. The molecule has 0 saturated carbocycles. The molecule has 0 aromatic heterocycles. The molecule has 1 aromatic rings. The molecule has 2 amide bonds. The average Bonchev–Trinajstić information content (AvgIpc) is 2.37. The van der Waals surface area contributed by atoms with Crippen LogP contribution in [0.1, 0.15) is 13.3 Å². The molecule has 3 N–H and O–H groups in total. The first-order chi connectivity index (χ1) is 9.46. The van der Waals surface area contributed by atoms with E-state index in [1.165, 1.54) is 14.2 Å². The first kappa shape index (κ1) is 15.6. The van der Waals surface area contributed by atoms with Crippen LogP contribution in [0, 0.1) is 0 Å². The predicted octanol–water partition coefficient (Wildman–Crippen LogP) is 1.69. The van der Waals surface area contributed by atoms with E-state index in [0.717, 1.165) is 0 Å². The summed E-state index contributed by atoms with van der Waals surface area (Å²) in [6.45, 7) is 1.61. The molecule has 0 aliphatic heterocycles. The molecule has 0 heterocycles. The highest BCUT2D eigenvalue weighted by Gasteiger charge is 2.13. The summed E-state index contributed by atoms with van der Waals surface area (Å²) in [6.07, 6.45) is -0.150. The fourth-order valence-electron chi connectivity index (χ4n) is 1.61. The molecule has 7 heteroatoms. The van der Waals surface area contributed by atoms with E-state index in [9.17, 15) is 9.59 Å². The number of aliphatic carboxylic acids is 1. The number of carbonyl (C=O) groups excluding carboxylic acids is 1. The van der Waals surface area contributed by atoms with Gasteiger partial charge in [0.1, 0.15) is 11.5 Å². The molecule has 1 rings (SSSR count). The van der Waals surface area contributed by atoms with E-state index < -0.39 is 18.0 Å². The SMILES string of the molecule is COc1ccc(OC)c(NC(=O)NC(C)CC(=O)O)c1. The Morgan fingerprint density at radius 2 is 2.00 bits per heavy atom. The van der Waals surface area contributed by atoms with E-state index in [-0.39, 0.29) is 6.42 Å². The van der Waals surface area contributed by atoms with Gasteiger partial charge in [-0.25, -0.2) is 4.79 Å². The van der Waals surface area contributed by atoms with Crippen molar-refractivity contribution in [3.63, 3.8) is 0 Å². The molecule has 1 atom stereocenters. The van der Waals surface area contributed by atoms with Crippen molar-refractivity contribution in [2.24, 2.45) is 0 Å². The van der Waals surface area contributed by atoms with Crippen LogP contribution in [0.4, 0.5) is 10.5 Å². The fourth-order valence-corrected chi connectivity index (χ4v) is 1.61. The van der Waals surface area contributed by atoms with E-state index in [0.29, 0.717) is 17.2 Å². The van der Waals surface area contributed by atoms with Crippen LogP contribution in [-0.4, -0.2) is 37.4 Å². The number of rotatable bonds is 6. The van der Waals surface area contributed by atoms with Crippen LogP contribution in [0.5, 0.6) is 11.5 Å². The molecular weight excluding hydrogens is 264 g/mol. The maximum Gasteiger partial charge on any atom is 0.319 e. The second-order valence-electron chi connectivity index (χ2n) is 4.16. The minimum absolute atomic E-state index is 0.150. The smallest absolute Gasteiger partial charge is 0.319 e. The van der Waals surface area contributed by atoms with E-state index in [1.54, 1.807) is 25.1 Å². The predicted molar refractivity (Wildman–Crippen MR) is 73.4 cm³/mol. The zero-order valence-corrected chi connectivity index (χ0v) is 11.6. The summed E-state index contributed by atoms with van der Waals surface area (Å²) >= 11 is 0. The second-order valence-corrected chi connectivity index (χ2v) is 4.16. The normalized spacial score (nSPS) is 11.3. The molecular formula is C13H18N2O5. The third-order valence-corrected chi connectivity index (χ3v) is 2.51. The van der Waals surface area contributed by atoms with Crippen LogP contribution in [0.3, 0.4) is 0 Å². The van der Waals surface area contributed by atoms with Crippen molar-refractivity contribution < 1.29 is 24.2 Å². The molecule has 7 nitrogen and oxygen atoms in total. The average molecular weight is 282 g/mol. The third-order valence-electron chi connectivity index (χ3n) is 2.51. The first-order valence-corrected chi connectivity index (χ1v) is 5.97. The molecule has 0 aliphatic carbocycles. The van der Waals surface area contributed by atoms with Crippen LogP contribution in [0.2, 0.25) is 0 Å². The molecule has 0 saturated heterocycles. The first-order valence-electron chi connectivity index (χ1n) is 5.97. The van der Waals surface area contributed by atoms with Gasteiger partial charge in [-0.1, -0.05) is 0 Å². The monoisotopic (exact) mass is 282 g/mol. The van der Waals surface area contributed by atoms with Crippen molar-refractivity contribution in [2.75, 3.05) is 19.5 Å². The maximum absolute atomic E-state index is 11.8. The topological polar surface area (TPSA) is 96.9 Å². The van der Waals surface area contributed by atoms with Gasteiger partial charge < -0.3 is 25.2 Å². The Bertz CT molecular complexity index is 490. The maximum atomic E-state index is 11.8. The molecule has 20 heavy (non-hydrogen) atoms. The second kappa shape index (κ2) is 7.22. The highest BCUT2D eigenvalue weighted by Crippen LogP contribution is 2.28. The van der Waals surface area contributed by atoms with E-state index in [2.05, 4.69) is 10.6 Å². The van der Waals surface area contributed by atoms with Crippen LogP contribution < -0.4 is 20.1 Å². The number of urea groups is 1. The van der Waals surface area contributed by atoms with Crippen molar-refractivity contribution >= 4 is 17.7 Å². The summed E-state index contributed by atoms with van der Waals surface area (Å²) in [5.41, 5.74) is 0.437. The van der Waals surface area contributed by atoms with Crippen LogP contribution in [0.25, 0.3) is 0 Å². The van der Waals surface area contributed by atoms with Gasteiger partial charge in [0.2, 0.25) is 0 Å². The molecule has 1 unspecified atom stereocenters. The number of carbonyl (C=O) groups is 2. The van der Waals surface area contributed by atoms with Gasteiger partial charge in [0.05, 0.1) is 26.3 Å². The van der Waals surface area contributed by atoms with Gasteiger partial charge in [-0.2, -0.15) is 0 Å². The Balaban J connectivity index is 2.71. The summed E-state index contributed by atoms with van der Waals surface area (Å²) in [6, 6.07) is 3.99. The molecule has 1 aromatic carbocycles. The lowest BCUT2D eigenvalue weighted by atomic mass is 10.2. The van der Waals surface area contributed by atoms with Gasteiger partial charge in [-0.05, 0) is 19.1 Å². The van der Waals surface area contributed by atoms with E-state index in [4.69, 9.17) is 14.6 Å². The fraction of sp³-hybridized carbons (Fsp3) is 0.385. The quantitative estimate of drug-likeness (QED) is 0.737. The van der Waals surface area contributed by atoms with Crippen molar-refractivity contribution in [3.8, 4) is 11.5 Å². The number of amides is 2. The summed E-state index contributed by atoms with van der Waals surface area (Å²) in [5.74, 6) is 0.0725. The summed E-state index contributed by atoms with van der Waals surface area (Å²) in [5, 5.41) is 13.7. The van der Waals surface area contributed by atoms with Gasteiger partial charge in [0, 0.05) is 12.1 Å². The van der Waals surface area contributed by atoms with Crippen LogP contribution in [-0.2, 0) is 4.79 Å². The number of ether oxygens (including phenoxy) is 2. The van der Waals surface area contributed by atoms with Crippen molar-refractivity contribution in [2.45, 2.75) is 19.4 Å². The summed E-state index contributed by atoms with van der Waals surface area (Å²) < 4.78 is 10.2. The summed E-state index contributed by atoms with van der Waals surface area (Å²) in [4.78, 5) is 22.3. The van der Waals surface area contributed by atoms with Gasteiger partial charge in [0.25, 0.3) is 0 Å². The van der Waals surface area contributed by atoms with Crippen molar-refractivity contribution in [3.05, 3.63) is 18.2 Å². The number of carboxylic acid groups (broad SMARTS) is 1. The van der Waals surface area contributed by atoms with Crippen LogP contribution in [0.15, 0.2) is 18.2 Å². The van der Waals surface area contributed by atoms with Gasteiger partial charge in [-0.15, -0.1) is 0 Å². The Morgan fingerprint density at radius 3 is 2.55 bits per heavy atom. The molecule has 0 aliphatic rings. The van der Waals surface area contributed by atoms with E-state index >= 15 is 0 Å². The largest absolute Gasteiger partial charge is 0.497 e. The number of hydrogen-bond acceptors (Lipinski definition) is 4. The number of anilines is 1. The minimum Gasteiger partial charge on any atom is -0.497 e. The Hall–Kier alpha value is -2.44.